The van der Waals surface area contributed by atoms with Gasteiger partial charge in [-0.2, -0.15) is 15.5 Å². The van der Waals surface area contributed by atoms with Crippen molar-refractivity contribution < 1.29 is 0 Å². The number of aromatic nitrogens is 4. The van der Waals surface area contributed by atoms with E-state index in [0.29, 0.717) is 29.4 Å². The van der Waals surface area contributed by atoms with E-state index in [9.17, 15) is 0 Å². The lowest BCUT2D eigenvalue weighted by atomic mass is 10.2. The number of nitrogens with zero attached hydrogens (tertiary/aromatic N) is 4. The van der Waals surface area contributed by atoms with Crippen LogP contribution < -0.4 is 11.1 Å². The normalized spacial score (nSPS) is 10.2. The Morgan fingerprint density at radius 1 is 1.65 bits per heavy atom. The van der Waals surface area contributed by atoms with Crippen molar-refractivity contribution in [1.29, 1.82) is 5.26 Å². The van der Waals surface area contributed by atoms with E-state index >= 15 is 0 Å². The van der Waals surface area contributed by atoms with E-state index in [4.69, 9.17) is 11.0 Å². The lowest BCUT2D eigenvalue weighted by molar-refractivity contribution is 0.758. The van der Waals surface area contributed by atoms with E-state index < -0.39 is 0 Å². The number of nitrogens with two attached hydrogens (primary N) is 1. The summed E-state index contributed by atoms with van der Waals surface area (Å²) in [5.74, 6) is 1.21. The van der Waals surface area contributed by atoms with Gasteiger partial charge in [-0.25, -0.2) is 0 Å². The maximum atomic E-state index is 9.04. The minimum Gasteiger partial charge on any atom is -0.384 e. The molecule has 2 aromatic heterocycles. The summed E-state index contributed by atoms with van der Waals surface area (Å²) in [6, 6.07) is 2.13. The number of nitrogen functional groups attached to an aromatic ring is 1. The van der Waals surface area contributed by atoms with Gasteiger partial charge in [0.1, 0.15) is 23.3 Å². The number of rotatable bonds is 3. The third kappa shape index (κ3) is 1.92. The molecule has 0 aliphatic rings. The smallest absolute Gasteiger partial charge is 0.142 e. The van der Waals surface area contributed by atoms with Crippen LogP contribution in [0.1, 0.15) is 16.8 Å². The van der Waals surface area contributed by atoms with E-state index in [0.717, 1.165) is 5.56 Å². The number of aromatic amines is 1. The van der Waals surface area contributed by atoms with Crippen LogP contribution in [0.5, 0.6) is 0 Å². The second-order valence-corrected chi connectivity index (χ2v) is 3.71. The van der Waals surface area contributed by atoms with Crippen molar-refractivity contribution in [2.75, 3.05) is 11.1 Å². The van der Waals surface area contributed by atoms with Crippen molar-refractivity contribution in [3.8, 4) is 6.07 Å². The van der Waals surface area contributed by atoms with Crippen LogP contribution in [0.25, 0.3) is 0 Å². The van der Waals surface area contributed by atoms with E-state index in [1.165, 1.54) is 0 Å². The molecule has 88 valence electrons. The Hall–Kier alpha value is -2.49. The van der Waals surface area contributed by atoms with Gasteiger partial charge in [0.25, 0.3) is 0 Å². The summed E-state index contributed by atoms with van der Waals surface area (Å²) in [5, 5.41) is 22.8. The predicted molar refractivity (Wildman–Crippen MR) is 63.0 cm³/mol. The number of hydrogen-bond donors (Lipinski definition) is 3. The van der Waals surface area contributed by atoms with Gasteiger partial charge in [0.05, 0.1) is 11.9 Å². The molecule has 0 aromatic carbocycles. The van der Waals surface area contributed by atoms with Gasteiger partial charge in [0.2, 0.25) is 0 Å². The third-order valence-electron chi connectivity index (χ3n) is 2.53. The van der Waals surface area contributed by atoms with Crippen LogP contribution in [-0.4, -0.2) is 20.0 Å². The topological polar surface area (TPSA) is 108 Å². The van der Waals surface area contributed by atoms with Gasteiger partial charge < -0.3 is 11.1 Å². The summed E-state index contributed by atoms with van der Waals surface area (Å²) in [7, 11) is 1.79. The summed E-state index contributed by atoms with van der Waals surface area (Å²) in [6.45, 7) is 2.30. The fourth-order valence-corrected chi connectivity index (χ4v) is 1.64. The maximum absolute atomic E-state index is 9.04. The van der Waals surface area contributed by atoms with Crippen molar-refractivity contribution in [3.05, 3.63) is 23.0 Å². The van der Waals surface area contributed by atoms with E-state index in [1.54, 1.807) is 24.9 Å². The SMILES string of the molecule is Cc1nn(C)c(NCc2cn[nH]c2N)c1C#N. The van der Waals surface area contributed by atoms with Crippen molar-refractivity contribution in [1.82, 2.24) is 20.0 Å². The molecule has 4 N–H and O–H groups in total. The Kier molecular flexibility index (Phi) is 2.70. The molecule has 7 nitrogen and oxygen atoms in total. The van der Waals surface area contributed by atoms with Gasteiger partial charge in [0, 0.05) is 19.2 Å². The summed E-state index contributed by atoms with van der Waals surface area (Å²) < 4.78 is 1.64. The van der Waals surface area contributed by atoms with Crippen LogP contribution in [0.3, 0.4) is 0 Å². The lowest BCUT2D eigenvalue weighted by Gasteiger charge is -2.05. The Balaban J connectivity index is 2.20. The number of hydrogen-bond acceptors (Lipinski definition) is 5. The Bertz CT molecular complexity index is 572. The molecule has 0 aliphatic carbocycles. The maximum Gasteiger partial charge on any atom is 0.142 e. The minimum absolute atomic E-state index is 0.496. The zero-order valence-electron chi connectivity index (χ0n) is 9.65. The Morgan fingerprint density at radius 2 is 2.41 bits per heavy atom. The average molecular weight is 231 g/mol. The fraction of sp³-hybridized carbons (Fsp3) is 0.300. The first-order valence-corrected chi connectivity index (χ1v) is 5.08. The molecule has 0 atom stereocenters. The molecule has 0 fully saturated rings. The Labute approximate surface area is 98.2 Å². The minimum atomic E-state index is 0.496. The number of anilines is 2. The zero-order chi connectivity index (χ0) is 12.4. The fourth-order valence-electron chi connectivity index (χ4n) is 1.64. The summed E-state index contributed by atoms with van der Waals surface area (Å²) >= 11 is 0. The molecule has 0 unspecified atom stereocenters. The second kappa shape index (κ2) is 4.17. The molecule has 0 amide bonds. The van der Waals surface area contributed by atoms with Crippen LogP contribution in [-0.2, 0) is 13.6 Å². The molecule has 0 bridgehead atoms. The van der Waals surface area contributed by atoms with Crippen LogP contribution in [0, 0.1) is 18.3 Å². The highest BCUT2D eigenvalue weighted by atomic mass is 15.3. The molecular weight excluding hydrogens is 218 g/mol. The standard InChI is InChI=1S/C10H13N7/c1-6-8(3-11)10(17(2)16-6)13-4-7-5-14-15-9(7)12/h5,13H,4H2,1-2H3,(H3,12,14,15). The first-order valence-electron chi connectivity index (χ1n) is 5.08. The van der Waals surface area contributed by atoms with Crippen molar-refractivity contribution in [2.24, 2.45) is 7.05 Å². The van der Waals surface area contributed by atoms with E-state index in [2.05, 4.69) is 26.7 Å². The zero-order valence-corrected chi connectivity index (χ0v) is 9.65. The van der Waals surface area contributed by atoms with E-state index in [-0.39, 0.29) is 0 Å². The van der Waals surface area contributed by atoms with Crippen LogP contribution >= 0.6 is 0 Å². The first kappa shape index (κ1) is 11.0. The van der Waals surface area contributed by atoms with Crippen LogP contribution in [0.15, 0.2) is 6.20 Å². The van der Waals surface area contributed by atoms with Gasteiger partial charge >= 0.3 is 0 Å². The summed E-state index contributed by atoms with van der Waals surface area (Å²) in [6.07, 6.45) is 1.65. The number of nitrogens with one attached hydrogen (secondary N) is 2. The second-order valence-electron chi connectivity index (χ2n) is 3.71. The molecule has 2 heterocycles. The quantitative estimate of drug-likeness (QED) is 0.713. The molecule has 0 spiro atoms. The van der Waals surface area contributed by atoms with Crippen molar-refractivity contribution in [3.63, 3.8) is 0 Å². The van der Waals surface area contributed by atoms with Crippen LogP contribution in [0.4, 0.5) is 11.6 Å². The molecule has 0 saturated heterocycles. The van der Waals surface area contributed by atoms with Gasteiger partial charge in [-0.3, -0.25) is 9.78 Å². The molecule has 2 aromatic rings. The van der Waals surface area contributed by atoms with Crippen LogP contribution in [0.2, 0.25) is 0 Å². The molecule has 2 rings (SSSR count). The largest absolute Gasteiger partial charge is 0.384 e. The highest BCUT2D eigenvalue weighted by Crippen LogP contribution is 2.18. The molecule has 0 saturated carbocycles. The number of aryl methyl sites for hydroxylation is 2. The first-order chi connectivity index (χ1) is 8.13. The van der Waals surface area contributed by atoms with Crippen molar-refractivity contribution in [2.45, 2.75) is 13.5 Å². The summed E-state index contributed by atoms with van der Waals surface area (Å²) in [5.41, 5.74) is 7.78. The third-order valence-corrected chi connectivity index (χ3v) is 2.53. The van der Waals surface area contributed by atoms with Gasteiger partial charge in [-0.15, -0.1) is 0 Å². The monoisotopic (exact) mass is 231 g/mol. The summed E-state index contributed by atoms with van der Waals surface area (Å²) in [4.78, 5) is 0. The molecule has 17 heavy (non-hydrogen) atoms. The predicted octanol–water partition coefficient (Wildman–Crippen LogP) is 0.518. The van der Waals surface area contributed by atoms with Gasteiger partial charge in [-0.1, -0.05) is 0 Å². The number of nitriles is 1. The molecule has 0 radical (unpaired) electrons. The van der Waals surface area contributed by atoms with Crippen molar-refractivity contribution >= 4 is 11.6 Å². The lowest BCUT2D eigenvalue weighted by Crippen LogP contribution is -2.06. The van der Waals surface area contributed by atoms with E-state index in [1.807, 2.05) is 0 Å². The van der Waals surface area contributed by atoms with Gasteiger partial charge in [-0.05, 0) is 6.92 Å². The molecule has 7 heteroatoms. The molecule has 0 aliphatic heterocycles. The molecular formula is C10H13N7. The highest BCUT2D eigenvalue weighted by molar-refractivity contribution is 5.55. The number of H-pyrrole nitrogens is 1. The average Bonchev–Trinajstić information content (AvgIpc) is 2.80. The highest BCUT2D eigenvalue weighted by Gasteiger charge is 2.12. The van der Waals surface area contributed by atoms with Gasteiger partial charge in [0.15, 0.2) is 0 Å². The Morgan fingerprint density at radius 3 is 3.00 bits per heavy atom.